The molecule has 2 rings (SSSR count). The van der Waals surface area contributed by atoms with Crippen molar-refractivity contribution in [2.45, 2.75) is 13.8 Å². The molecule has 0 aliphatic heterocycles. The fourth-order valence-corrected chi connectivity index (χ4v) is 1.74. The van der Waals surface area contributed by atoms with E-state index in [0.29, 0.717) is 17.6 Å². The summed E-state index contributed by atoms with van der Waals surface area (Å²) in [5.74, 6) is 0.673. The molecule has 0 fully saturated rings. The summed E-state index contributed by atoms with van der Waals surface area (Å²) in [5.41, 5.74) is 2.58. The van der Waals surface area contributed by atoms with Gasteiger partial charge in [0.05, 0.1) is 5.56 Å². The predicted molar refractivity (Wildman–Crippen MR) is 71.1 cm³/mol. The molecule has 0 N–H and O–H groups in total. The second kappa shape index (κ2) is 5.27. The minimum absolute atomic E-state index is 0.224. The van der Waals surface area contributed by atoms with Gasteiger partial charge in [-0.2, -0.15) is 0 Å². The third-order valence-corrected chi connectivity index (χ3v) is 3.65. The van der Waals surface area contributed by atoms with Gasteiger partial charge < -0.3 is 4.74 Å². The first kappa shape index (κ1) is 12.7. The Balaban J connectivity index is 2.25. The lowest BCUT2D eigenvalue weighted by Crippen LogP contribution is -1.94. The Kier molecular flexibility index (Phi) is 3.72. The van der Waals surface area contributed by atoms with Crippen molar-refractivity contribution in [1.29, 1.82) is 0 Å². The van der Waals surface area contributed by atoms with Gasteiger partial charge in [-0.25, -0.2) is 9.97 Å². The smallest absolute Gasteiger partial charge is 0.321 e. The molecule has 4 nitrogen and oxygen atoms in total. The second-order valence-corrected chi connectivity index (χ2v) is 4.68. The number of carbonyl (C=O) groups excluding carboxylic acids is 1. The quantitative estimate of drug-likeness (QED) is 0.815. The summed E-state index contributed by atoms with van der Waals surface area (Å²) >= 11 is 3.49. The molecule has 5 heteroatoms. The molecule has 0 radical (unpaired) electrons. The molecule has 2 aromatic rings. The summed E-state index contributed by atoms with van der Waals surface area (Å²) in [4.78, 5) is 18.4. The van der Waals surface area contributed by atoms with Crippen molar-refractivity contribution in [3.8, 4) is 11.8 Å². The number of halogens is 1. The van der Waals surface area contributed by atoms with Crippen molar-refractivity contribution >= 4 is 22.2 Å². The van der Waals surface area contributed by atoms with Crippen LogP contribution in [0.15, 0.2) is 29.0 Å². The number of hydrogen-bond donors (Lipinski definition) is 0. The average Bonchev–Trinajstić information content (AvgIpc) is 2.37. The van der Waals surface area contributed by atoms with Crippen molar-refractivity contribution in [1.82, 2.24) is 9.97 Å². The minimum Gasteiger partial charge on any atom is -0.424 e. The van der Waals surface area contributed by atoms with Gasteiger partial charge in [0.1, 0.15) is 5.75 Å². The number of aryl methyl sites for hydroxylation is 2. The van der Waals surface area contributed by atoms with Gasteiger partial charge in [-0.05, 0) is 37.1 Å². The fraction of sp³-hybridized carbons (Fsp3) is 0.154. The lowest BCUT2D eigenvalue weighted by molar-refractivity contribution is 0.112. The van der Waals surface area contributed by atoms with Crippen LogP contribution in [0.1, 0.15) is 21.5 Å². The molecule has 0 aliphatic rings. The van der Waals surface area contributed by atoms with E-state index in [0.717, 1.165) is 15.6 Å². The summed E-state index contributed by atoms with van der Waals surface area (Å²) < 4.78 is 6.60. The average molecular weight is 307 g/mol. The molecule has 0 atom stereocenters. The molecule has 1 aromatic heterocycles. The molecule has 0 saturated carbocycles. The molecule has 0 bridgehead atoms. The number of rotatable bonds is 3. The highest BCUT2D eigenvalue weighted by Crippen LogP contribution is 2.28. The van der Waals surface area contributed by atoms with Gasteiger partial charge in [-0.1, -0.05) is 15.9 Å². The SMILES string of the molecule is Cc1cc(Oc2ncc(C=O)cn2)cc(C)c1Br. The number of benzene rings is 1. The maximum absolute atomic E-state index is 10.5. The molecule has 1 heterocycles. The maximum atomic E-state index is 10.5. The number of carbonyl (C=O) groups is 1. The zero-order valence-electron chi connectivity index (χ0n) is 9.98. The lowest BCUT2D eigenvalue weighted by Gasteiger charge is -2.08. The summed E-state index contributed by atoms with van der Waals surface area (Å²) in [6.07, 6.45) is 3.54. The molecule has 18 heavy (non-hydrogen) atoms. The summed E-state index contributed by atoms with van der Waals surface area (Å²) in [6, 6.07) is 4.02. The standard InChI is InChI=1S/C13H11BrN2O2/c1-8-3-11(4-9(2)12(8)14)18-13-15-5-10(7-17)6-16-13/h3-7H,1-2H3. The van der Waals surface area contributed by atoms with Crippen LogP contribution in [0.25, 0.3) is 0 Å². The van der Waals surface area contributed by atoms with Gasteiger partial charge >= 0.3 is 6.01 Å². The Morgan fingerprint density at radius 3 is 2.22 bits per heavy atom. The highest BCUT2D eigenvalue weighted by molar-refractivity contribution is 9.10. The summed E-state index contributed by atoms with van der Waals surface area (Å²) in [5, 5.41) is 0. The van der Waals surface area contributed by atoms with Crippen molar-refractivity contribution in [3.63, 3.8) is 0 Å². The van der Waals surface area contributed by atoms with Gasteiger partial charge in [0.15, 0.2) is 6.29 Å². The Morgan fingerprint density at radius 2 is 1.72 bits per heavy atom. The molecule has 0 saturated heterocycles. The lowest BCUT2D eigenvalue weighted by atomic mass is 10.1. The van der Waals surface area contributed by atoms with E-state index in [-0.39, 0.29) is 6.01 Å². The number of aromatic nitrogens is 2. The molecule has 92 valence electrons. The topological polar surface area (TPSA) is 52.1 Å². The first-order chi connectivity index (χ1) is 8.60. The largest absolute Gasteiger partial charge is 0.424 e. The zero-order valence-corrected chi connectivity index (χ0v) is 11.6. The fourth-order valence-electron chi connectivity index (χ4n) is 1.51. The Hall–Kier alpha value is -1.75. The first-order valence-electron chi connectivity index (χ1n) is 5.32. The van der Waals surface area contributed by atoms with Crippen LogP contribution >= 0.6 is 15.9 Å². The zero-order chi connectivity index (χ0) is 13.1. The molecule has 0 spiro atoms. The predicted octanol–water partition coefficient (Wildman–Crippen LogP) is 3.46. The summed E-state index contributed by atoms with van der Waals surface area (Å²) in [7, 11) is 0. The number of ether oxygens (including phenoxy) is 1. The van der Waals surface area contributed by atoms with Crippen LogP contribution in [0.3, 0.4) is 0 Å². The van der Waals surface area contributed by atoms with E-state index in [4.69, 9.17) is 4.74 Å². The van der Waals surface area contributed by atoms with Gasteiger partial charge in [-0.15, -0.1) is 0 Å². The van der Waals surface area contributed by atoms with E-state index in [9.17, 15) is 4.79 Å². The van der Waals surface area contributed by atoms with Crippen LogP contribution in [0, 0.1) is 13.8 Å². The van der Waals surface area contributed by atoms with Gasteiger partial charge in [0, 0.05) is 16.9 Å². The van der Waals surface area contributed by atoms with E-state index < -0.39 is 0 Å². The molecule has 0 aliphatic carbocycles. The van der Waals surface area contributed by atoms with Crippen molar-refractivity contribution in [3.05, 3.63) is 45.7 Å². The monoisotopic (exact) mass is 306 g/mol. The van der Waals surface area contributed by atoms with Gasteiger partial charge in [0.25, 0.3) is 0 Å². The summed E-state index contributed by atoms with van der Waals surface area (Å²) in [6.45, 7) is 3.97. The second-order valence-electron chi connectivity index (χ2n) is 3.89. The van der Waals surface area contributed by atoms with E-state index in [1.165, 1.54) is 12.4 Å². The van der Waals surface area contributed by atoms with E-state index in [1.54, 1.807) is 0 Å². The van der Waals surface area contributed by atoms with Crippen molar-refractivity contribution < 1.29 is 9.53 Å². The number of hydrogen-bond acceptors (Lipinski definition) is 4. The molecular weight excluding hydrogens is 296 g/mol. The van der Waals surface area contributed by atoms with Gasteiger partial charge in [-0.3, -0.25) is 4.79 Å². The van der Waals surface area contributed by atoms with Crippen LogP contribution in [0.2, 0.25) is 0 Å². The van der Waals surface area contributed by atoms with Crippen molar-refractivity contribution in [2.75, 3.05) is 0 Å². The van der Waals surface area contributed by atoms with E-state index in [1.807, 2.05) is 26.0 Å². The molecule has 1 aromatic carbocycles. The third kappa shape index (κ3) is 2.73. The van der Waals surface area contributed by atoms with E-state index in [2.05, 4.69) is 25.9 Å². The highest BCUT2D eigenvalue weighted by atomic mass is 79.9. The van der Waals surface area contributed by atoms with Crippen LogP contribution < -0.4 is 4.74 Å². The first-order valence-corrected chi connectivity index (χ1v) is 6.11. The minimum atomic E-state index is 0.224. The Bertz CT molecular complexity index is 559. The molecule has 0 unspecified atom stereocenters. The van der Waals surface area contributed by atoms with Crippen LogP contribution in [-0.2, 0) is 0 Å². The maximum Gasteiger partial charge on any atom is 0.321 e. The Labute approximate surface area is 113 Å². The third-order valence-electron chi connectivity index (χ3n) is 2.40. The van der Waals surface area contributed by atoms with Crippen LogP contribution in [-0.4, -0.2) is 16.3 Å². The van der Waals surface area contributed by atoms with Gasteiger partial charge in [0.2, 0.25) is 0 Å². The highest BCUT2D eigenvalue weighted by Gasteiger charge is 2.05. The van der Waals surface area contributed by atoms with Crippen molar-refractivity contribution in [2.24, 2.45) is 0 Å². The number of aldehydes is 1. The molecule has 0 amide bonds. The number of nitrogens with zero attached hydrogens (tertiary/aromatic N) is 2. The molecular formula is C13H11BrN2O2. The van der Waals surface area contributed by atoms with Crippen LogP contribution in [0.5, 0.6) is 11.8 Å². The Morgan fingerprint density at radius 1 is 1.17 bits per heavy atom. The normalized spacial score (nSPS) is 10.2. The van der Waals surface area contributed by atoms with E-state index >= 15 is 0 Å². The van der Waals surface area contributed by atoms with Crippen LogP contribution in [0.4, 0.5) is 0 Å².